The number of halogens is 1. The Balaban J connectivity index is 1.61. The van der Waals surface area contributed by atoms with E-state index >= 15 is 0 Å². The molecule has 0 aliphatic heterocycles. The highest BCUT2D eigenvalue weighted by molar-refractivity contribution is 5.28. The Kier molecular flexibility index (Phi) is 7.67. The molecule has 0 saturated heterocycles. The van der Waals surface area contributed by atoms with Crippen molar-refractivity contribution in [3.63, 3.8) is 0 Å². The molecule has 2 aromatic carbocycles. The number of benzene rings is 2. The lowest BCUT2D eigenvalue weighted by molar-refractivity contribution is 0.0604. The van der Waals surface area contributed by atoms with E-state index in [-0.39, 0.29) is 12.4 Å². The average molecular weight is 399 g/mol. The molecule has 0 spiro atoms. The number of ether oxygens (including phenoxy) is 2. The van der Waals surface area contributed by atoms with E-state index in [2.05, 4.69) is 4.90 Å². The third-order valence-corrected chi connectivity index (χ3v) is 4.30. The maximum absolute atomic E-state index is 13.0. The van der Waals surface area contributed by atoms with Crippen LogP contribution >= 0.6 is 0 Å². The molecule has 3 aromatic rings. The van der Waals surface area contributed by atoms with Gasteiger partial charge in [0.05, 0.1) is 19.4 Å². The molecule has 1 atom stereocenters. The van der Waals surface area contributed by atoms with Crippen molar-refractivity contribution in [1.29, 1.82) is 0 Å². The zero-order chi connectivity index (χ0) is 20.5. The molecule has 0 saturated carbocycles. The molecule has 154 valence electrons. The van der Waals surface area contributed by atoms with Gasteiger partial charge in [-0.2, -0.15) is 0 Å². The molecule has 1 aromatic heterocycles. The third-order valence-electron chi connectivity index (χ3n) is 4.30. The number of hydrogen-bond acceptors (Lipinski definition) is 5. The van der Waals surface area contributed by atoms with Crippen LogP contribution in [0.3, 0.4) is 0 Å². The molecule has 1 N–H and O–H groups in total. The summed E-state index contributed by atoms with van der Waals surface area (Å²) in [5, 5.41) is 10.5. The van der Waals surface area contributed by atoms with Gasteiger partial charge in [0, 0.05) is 13.1 Å². The van der Waals surface area contributed by atoms with Crippen LogP contribution in [0.25, 0.3) is 0 Å². The lowest BCUT2D eigenvalue weighted by atomic mass is 10.2. The summed E-state index contributed by atoms with van der Waals surface area (Å²) in [6.07, 6.45) is 0.919. The van der Waals surface area contributed by atoms with Crippen LogP contribution in [0.4, 0.5) is 4.39 Å². The Morgan fingerprint density at radius 3 is 2.55 bits per heavy atom. The van der Waals surface area contributed by atoms with Gasteiger partial charge in [0.25, 0.3) is 0 Å². The summed E-state index contributed by atoms with van der Waals surface area (Å²) in [5.41, 5.74) is 1.08. The molecule has 1 unspecified atom stereocenters. The molecule has 0 fully saturated rings. The SMILES string of the molecule is CCOc1cccc(CN(Cc2ccco2)CC(O)COc2ccc(F)cc2)c1. The number of hydrogen-bond donors (Lipinski definition) is 1. The van der Waals surface area contributed by atoms with Crippen molar-refractivity contribution in [3.8, 4) is 11.5 Å². The smallest absolute Gasteiger partial charge is 0.123 e. The summed E-state index contributed by atoms with van der Waals surface area (Å²) < 4.78 is 29.6. The fourth-order valence-corrected chi connectivity index (χ4v) is 3.04. The first-order valence-electron chi connectivity index (χ1n) is 9.65. The first-order chi connectivity index (χ1) is 14.1. The van der Waals surface area contributed by atoms with Gasteiger partial charge in [-0.1, -0.05) is 12.1 Å². The monoisotopic (exact) mass is 399 g/mol. The molecule has 5 nitrogen and oxygen atoms in total. The summed E-state index contributed by atoms with van der Waals surface area (Å²) in [6.45, 7) is 4.24. The van der Waals surface area contributed by atoms with E-state index in [0.717, 1.165) is 17.1 Å². The molecule has 6 heteroatoms. The van der Waals surface area contributed by atoms with Gasteiger partial charge in [-0.15, -0.1) is 0 Å². The largest absolute Gasteiger partial charge is 0.494 e. The average Bonchev–Trinajstić information content (AvgIpc) is 3.21. The molecule has 29 heavy (non-hydrogen) atoms. The maximum Gasteiger partial charge on any atom is 0.123 e. The van der Waals surface area contributed by atoms with Crippen molar-refractivity contribution in [3.05, 3.63) is 84.1 Å². The molecular weight excluding hydrogens is 373 g/mol. The first kappa shape index (κ1) is 20.9. The molecular formula is C23H26FNO4. The number of nitrogens with zero attached hydrogens (tertiary/aromatic N) is 1. The molecule has 0 aliphatic carbocycles. The van der Waals surface area contributed by atoms with E-state index in [4.69, 9.17) is 13.9 Å². The zero-order valence-electron chi connectivity index (χ0n) is 16.5. The van der Waals surface area contributed by atoms with E-state index in [1.54, 1.807) is 18.4 Å². The Morgan fingerprint density at radius 2 is 1.83 bits per heavy atom. The van der Waals surface area contributed by atoms with E-state index in [0.29, 0.717) is 32.0 Å². The van der Waals surface area contributed by atoms with E-state index in [9.17, 15) is 9.50 Å². The minimum Gasteiger partial charge on any atom is -0.494 e. The zero-order valence-corrected chi connectivity index (χ0v) is 16.5. The molecule has 0 amide bonds. The quantitative estimate of drug-likeness (QED) is 0.522. The van der Waals surface area contributed by atoms with E-state index < -0.39 is 6.10 Å². The molecule has 1 heterocycles. The summed E-state index contributed by atoms with van der Waals surface area (Å²) in [6, 6.07) is 17.4. The van der Waals surface area contributed by atoms with Gasteiger partial charge < -0.3 is 19.0 Å². The minimum atomic E-state index is -0.718. The highest BCUT2D eigenvalue weighted by atomic mass is 19.1. The number of rotatable bonds is 11. The second-order valence-electron chi connectivity index (χ2n) is 6.75. The lowest BCUT2D eigenvalue weighted by Gasteiger charge is -2.24. The van der Waals surface area contributed by atoms with Gasteiger partial charge in [0.1, 0.15) is 35.8 Å². The van der Waals surface area contributed by atoms with Gasteiger partial charge >= 0.3 is 0 Å². The Labute approximate surface area is 170 Å². The van der Waals surface area contributed by atoms with Gasteiger partial charge in [0.2, 0.25) is 0 Å². The van der Waals surface area contributed by atoms with Gasteiger partial charge in [-0.25, -0.2) is 4.39 Å². The lowest BCUT2D eigenvalue weighted by Crippen LogP contribution is -2.35. The van der Waals surface area contributed by atoms with Crippen molar-refractivity contribution in [1.82, 2.24) is 4.90 Å². The van der Waals surface area contributed by atoms with Gasteiger partial charge in [-0.05, 0) is 61.0 Å². The van der Waals surface area contributed by atoms with E-state index in [1.165, 1.54) is 12.1 Å². The van der Waals surface area contributed by atoms with Crippen molar-refractivity contribution in [2.75, 3.05) is 19.8 Å². The summed E-state index contributed by atoms with van der Waals surface area (Å²) in [7, 11) is 0. The first-order valence-corrected chi connectivity index (χ1v) is 9.65. The Morgan fingerprint density at radius 1 is 1.00 bits per heavy atom. The van der Waals surface area contributed by atoms with Crippen molar-refractivity contribution in [2.45, 2.75) is 26.1 Å². The molecule has 0 bridgehead atoms. The van der Waals surface area contributed by atoms with Crippen LogP contribution in [0.5, 0.6) is 11.5 Å². The second-order valence-corrected chi connectivity index (χ2v) is 6.75. The number of furan rings is 1. The van der Waals surface area contributed by atoms with E-state index in [1.807, 2.05) is 43.3 Å². The van der Waals surface area contributed by atoms with Crippen molar-refractivity contribution >= 4 is 0 Å². The van der Waals surface area contributed by atoms with Crippen LogP contribution < -0.4 is 9.47 Å². The number of aliphatic hydroxyl groups is 1. The topological polar surface area (TPSA) is 55.1 Å². The molecule has 0 aliphatic rings. The standard InChI is InChI=1S/C23H26FNO4/c1-2-27-22-6-3-5-18(13-22)14-25(16-23-7-4-12-28-23)15-20(26)17-29-21-10-8-19(24)9-11-21/h3-13,20,26H,2,14-17H2,1H3. The predicted octanol–water partition coefficient (Wildman–Crippen LogP) is 4.26. The van der Waals surface area contributed by atoms with Gasteiger partial charge in [-0.3, -0.25) is 4.90 Å². The van der Waals surface area contributed by atoms with Crippen molar-refractivity contribution in [2.24, 2.45) is 0 Å². The maximum atomic E-state index is 13.0. The number of aliphatic hydroxyl groups excluding tert-OH is 1. The van der Waals surface area contributed by atoms with Crippen LogP contribution in [0, 0.1) is 5.82 Å². The Hall–Kier alpha value is -2.83. The highest BCUT2D eigenvalue weighted by Crippen LogP contribution is 2.17. The minimum absolute atomic E-state index is 0.110. The molecule has 3 rings (SSSR count). The third kappa shape index (κ3) is 6.93. The van der Waals surface area contributed by atoms with Crippen LogP contribution in [0.2, 0.25) is 0 Å². The van der Waals surface area contributed by atoms with Crippen LogP contribution in [0.15, 0.2) is 71.3 Å². The van der Waals surface area contributed by atoms with Crippen LogP contribution in [-0.2, 0) is 13.1 Å². The summed E-state index contributed by atoms with van der Waals surface area (Å²) in [4.78, 5) is 2.09. The second kappa shape index (κ2) is 10.6. The normalized spacial score (nSPS) is 12.1. The highest BCUT2D eigenvalue weighted by Gasteiger charge is 2.15. The fourth-order valence-electron chi connectivity index (χ4n) is 3.04. The van der Waals surface area contributed by atoms with Crippen LogP contribution in [0.1, 0.15) is 18.2 Å². The van der Waals surface area contributed by atoms with Crippen molar-refractivity contribution < 1.29 is 23.4 Å². The van der Waals surface area contributed by atoms with Crippen LogP contribution in [-0.4, -0.2) is 35.9 Å². The summed E-state index contributed by atoms with van der Waals surface area (Å²) >= 11 is 0. The summed E-state index contributed by atoms with van der Waals surface area (Å²) in [5.74, 6) is 1.84. The van der Waals surface area contributed by atoms with Gasteiger partial charge in [0.15, 0.2) is 0 Å². The fraction of sp³-hybridized carbons (Fsp3) is 0.304. The predicted molar refractivity (Wildman–Crippen MR) is 108 cm³/mol. The molecule has 0 radical (unpaired) electrons. The Bertz CT molecular complexity index is 852.